The zero-order valence-corrected chi connectivity index (χ0v) is 12.8. The smallest absolute Gasteiger partial charge is 0.317 e. The van der Waals surface area contributed by atoms with Gasteiger partial charge in [-0.15, -0.1) is 0 Å². The number of hydrogen-bond donors (Lipinski definition) is 2. The summed E-state index contributed by atoms with van der Waals surface area (Å²) in [7, 11) is 0. The first-order valence-corrected chi connectivity index (χ1v) is 8.47. The van der Waals surface area contributed by atoms with Crippen molar-refractivity contribution in [3.05, 3.63) is 0 Å². The molecule has 0 aromatic carbocycles. The van der Waals surface area contributed by atoms with Crippen LogP contribution in [0.4, 0.5) is 4.79 Å². The second-order valence-electron chi connectivity index (χ2n) is 7.54. The number of aliphatic hydroxyl groups is 1. The van der Waals surface area contributed by atoms with Gasteiger partial charge in [0.25, 0.3) is 0 Å². The Labute approximate surface area is 126 Å². The van der Waals surface area contributed by atoms with Gasteiger partial charge in [-0.3, -0.25) is 0 Å². The van der Waals surface area contributed by atoms with Crippen molar-refractivity contribution in [2.45, 2.75) is 57.3 Å². The first-order valence-electron chi connectivity index (χ1n) is 8.47. The van der Waals surface area contributed by atoms with E-state index in [1.165, 1.54) is 19.3 Å². The summed E-state index contributed by atoms with van der Waals surface area (Å²) in [6.45, 7) is 4.13. The van der Waals surface area contributed by atoms with Crippen LogP contribution in [0.15, 0.2) is 0 Å². The Bertz CT molecular complexity index is 437. The fourth-order valence-electron chi connectivity index (χ4n) is 4.91. The number of hydrogen-bond acceptors (Lipinski definition) is 3. The predicted molar refractivity (Wildman–Crippen MR) is 77.8 cm³/mol. The minimum atomic E-state index is -0.383. The topological polar surface area (TPSA) is 61.8 Å². The molecule has 2 amide bonds. The van der Waals surface area contributed by atoms with Crippen molar-refractivity contribution in [1.29, 1.82) is 0 Å². The van der Waals surface area contributed by atoms with Crippen molar-refractivity contribution in [2.24, 2.45) is 17.3 Å². The normalized spacial score (nSPS) is 43.9. The average Bonchev–Trinajstić information content (AvgIpc) is 2.82. The summed E-state index contributed by atoms with van der Waals surface area (Å²) in [5.74, 6) is 0.811. The highest BCUT2D eigenvalue weighted by Gasteiger charge is 2.67. The largest absolute Gasteiger partial charge is 0.391 e. The number of nitrogens with zero attached hydrogens (tertiary/aromatic N) is 1. The van der Waals surface area contributed by atoms with Gasteiger partial charge in [0.05, 0.1) is 12.2 Å². The van der Waals surface area contributed by atoms with Crippen molar-refractivity contribution in [1.82, 2.24) is 10.2 Å². The Balaban J connectivity index is 1.40. The molecule has 1 spiro atoms. The van der Waals surface area contributed by atoms with E-state index >= 15 is 0 Å². The molecule has 0 bridgehead atoms. The lowest BCUT2D eigenvalue weighted by Crippen LogP contribution is -2.72. The number of likely N-dealkylation sites (tertiary alicyclic amines) is 1. The van der Waals surface area contributed by atoms with Gasteiger partial charge in [-0.25, -0.2) is 4.79 Å². The summed E-state index contributed by atoms with van der Waals surface area (Å²) in [6.07, 6.45) is 5.63. The fourth-order valence-corrected chi connectivity index (χ4v) is 4.91. The number of rotatable bonds is 1. The van der Waals surface area contributed by atoms with Gasteiger partial charge in [0.2, 0.25) is 0 Å². The molecule has 118 valence electrons. The Morgan fingerprint density at radius 3 is 2.86 bits per heavy atom. The van der Waals surface area contributed by atoms with Gasteiger partial charge in [0, 0.05) is 37.1 Å². The number of carbonyl (C=O) groups excluding carboxylic acids is 1. The highest BCUT2D eigenvalue weighted by atomic mass is 16.5. The van der Waals surface area contributed by atoms with Crippen molar-refractivity contribution in [3.63, 3.8) is 0 Å². The number of carbonyl (C=O) groups is 1. The van der Waals surface area contributed by atoms with Gasteiger partial charge in [-0.05, 0) is 31.6 Å². The molecule has 4 aliphatic rings. The molecule has 0 aromatic rings. The first-order chi connectivity index (χ1) is 10.1. The second-order valence-corrected chi connectivity index (χ2v) is 7.54. The third-order valence-electron chi connectivity index (χ3n) is 6.52. The Morgan fingerprint density at radius 1 is 1.38 bits per heavy atom. The van der Waals surface area contributed by atoms with Crippen molar-refractivity contribution in [2.75, 3.05) is 19.7 Å². The van der Waals surface area contributed by atoms with Crippen LogP contribution in [-0.4, -0.2) is 54.0 Å². The molecule has 2 aliphatic carbocycles. The molecule has 2 saturated heterocycles. The Kier molecular flexibility index (Phi) is 3.19. The third kappa shape index (κ3) is 1.93. The van der Waals surface area contributed by atoms with Crippen LogP contribution in [0.2, 0.25) is 0 Å². The quantitative estimate of drug-likeness (QED) is 0.767. The number of ether oxygens (including phenoxy) is 1. The summed E-state index contributed by atoms with van der Waals surface area (Å²) in [4.78, 5) is 14.3. The second kappa shape index (κ2) is 4.85. The van der Waals surface area contributed by atoms with Crippen LogP contribution in [0.1, 0.15) is 39.0 Å². The SMILES string of the molecule is CC1CCN(C(=O)NC2C3CCOC3C23CCC3)CC1O. The van der Waals surface area contributed by atoms with Crippen LogP contribution >= 0.6 is 0 Å². The molecule has 2 saturated carbocycles. The maximum absolute atomic E-state index is 12.5. The molecule has 0 radical (unpaired) electrons. The van der Waals surface area contributed by atoms with Crippen LogP contribution in [0.5, 0.6) is 0 Å². The summed E-state index contributed by atoms with van der Waals surface area (Å²) in [5, 5.41) is 13.3. The van der Waals surface area contributed by atoms with E-state index in [9.17, 15) is 9.90 Å². The fraction of sp³-hybridized carbons (Fsp3) is 0.938. The molecule has 2 aliphatic heterocycles. The van der Waals surface area contributed by atoms with E-state index in [0.29, 0.717) is 30.5 Å². The van der Waals surface area contributed by atoms with Crippen molar-refractivity contribution in [3.8, 4) is 0 Å². The molecule has 2 N–H and O–H groups in total. The number of aliphatic hydroxyl groups excluding tert-OH is 1. The summed E-state index contributed by atoms with van der Waals surface area (Å²) >= 11 is 0. The number of nitrogens with one attached hydrogen (secondary N) is 1. The van der Waals surface area contributed by atoms with E-state index < -0.39 is 0 Å². The van der Waals surface area contributed by atoms with Crippen LogP contribution < -0.4 is 5.32 Å². The van der Waals surface area contributed by atoms with Crippen LogP contribution in [-0.2, 0) is 4.74 Å². The molecule has 4 fully saturated rings. The maximum Gasteiger partial charge on any atom is 0.317 e. The minimum absolute atomic E-state index is 0.0163. The van der Waals surface area contributed by atoms with E-state index in [1.54, 1.807) is 4.90 Å². The van der Waals surface area contributed by atoms with E-state index in [4.69, 9.17) is 4.74 Å². The Hall–Kier alpha value is -0.810. The maximum atomic E-state index is 12.5. The molecule has 0 aromatic heterocycles. The molecule has 5 nitrogen and oxygen atoms in total. The van der Waals surface area contributed by atoms with E-state index in [0.717, 1.165) is 26.0 Å². The predicted octanol–water partition coefficient (Wildman–Crippen LogP) is 1.36. The number of β-amino-alcohol motifs (C(OH)–C–C–N with tert-alkyl or cyclic N) is 1. The lowest BCUT2D eigenvalue weighted by Gasteiger charge is -2.63. The van der Waals surface area contributed by atoms with Gasteiger partial charge < -0.3 is 20.1 Å². The zero-order valence-electron chi connectivity index (χ0n) is 12.8. The Morgan fingerprint density at radius 2 is 2.19 bits per heavy atom. The lowest BCUT2D eigenvalue weighted by atomic mass is 9.46. The summed E-state index contributed by atoms with van der Waals surface area (Å²) in [6, 6.07) is 0.310. The number of piperidine rings is 1. The van der Waals surface area contributed by atoms with Crippen molar-refractivity contribution < 1.29 is 14.6 Å². The molecule has 21 heavy (non-hydrogen) atoms. The highest BCUT2D eigenvalue weighted by Crippen LogP contribution is 2.62. The standard InChI is InChI=1S/C16H26N2O3/c1-10-3-7-18(9-12(10)19)15(20)17-13-11-4-8-21-14(11)16(13)5-2-6-16/h10-14,19H,2-9H2,1H3,(H,17,20). The average molecular weight is 294 g/mol. The summed E-state index contributed by atoms with van der Waals surface area (Å²) < 4.78 is 5.89. The van der Waals surface area contributed by atoms with E-state index in [-0.39, 0.29) is 17.6 Å². The van der Waals surface area contributed by atoms with E-state index in [1.807, 2.05) is 0 Å². The van der Waals surface area contributed by atoms with Gasteiger partial charge in [-0.2, -0.15) is 0 Å². The third-order valence-corrected chi connectivity index (χ3v) is 6.52. The number of fused-ring (bicyclic) bond motifs is 2. The molecule has 5 heteroatoms. The summed E-state index contributed by atoms with van der Waals surface area (Å²) in [5.41, 5.74) is 0.235. The van der Waals surface area contributed by atoms with Crippen molar-refractivity contribution >= 4 is 6.03 Å². The molecule has 4 rings (SSSR count). The molecule has 2 heterocycles. The molecular formula is C16H26N2O3. The van der Waals surface area contributed by atoms with Gasteiger partial charge in [0.15, 0.2) is 0 Å². The number of amides is 2. The van der Waals surface area contributed by atoms with E-state index in [2.05, 4.69) is 12.2 Å². The van der Waals surface area contributed by atoms with Crippen LogP contribution in [0.25, 0.3) is 0 Å². The zero-order chi connectivity index (χ0) is 14.6. The molecule has 5 atom stereocenters. The van der Waals surface area contributed by atoms with Gasteiger partial charge in [-0.1, -0.05) is 13.3 Å². The lowest BCUT2D eigenvalue weighted by molar-refractivity contribution is -0.172. The molecular weight excluding hydrogens is 268 g/mol. The first kappa shape index (κ1) is 13.8. The number of urea groups is 1. The monoisotopic (exact) mass is 294 g/mol. The van der Waals surface area contributed by atoms with Gasteiger partial charge in [0.1, 0.15) is 0 Å². The van der Waals surface area contributed by atoms with Crippen LogP contribution in [0.3, 0.4) is 0 Å². The molecule has 5 unspecified atom stereocenters. The highest BCUT2D eigenvalue weighted by molar-refractivity contribution is 5.75. The van der Waals surface area contributed by atoms with Gasteiger partial charge >= 0.3 is 6.03 Å². The minimum Gasteiger partial charge on any atom is -0.391 e. The van der Waals surface area contributed by atoms with Crippen LogP contribution in [0, 0.1) is 17.3 Å².